The first kappa shape index (κ1) is 6.81. The van der Waals surface area contributed by atoms with Gasteiger partial charge >= 0.3 is 0 Å². The van der Waals surface area contributed by atoms with E-state index in [1.54, 1.807) is 0 Å². The number of carbonyl (C=O) groups excluding carboxylic acids is 1. The van der Waals surface area contributed by atoms with Crippen LogP contribution in [0.4, 0.5) is 0 Å². The molecular weight excluding hydrogens is 136 g/mol. The molecule has 1 aliphatic rings. The summed E-state index contributed by atoms with van der Waals surface area (Å²) in [7, 11) is 0. The fraction of sp³-hybridized carbons (Fsp3) is 0.571. The molecule has 0 saturated carbocycles. The minimum atomic E-state index is 0.166. The van der Waals surface area contributed by atoms with Crippen molar-refractivity contribution in [1.82, 2.24) is 0 Å². The average molecular weight is 145 g/mol. The fourth-order valence-corrected chi connectivity index (χ4v) is 1.43. The van der Waals surface area contributed by atoms with Crippen LogP contribution in [0.25, 0.3) is 0 Å². The quantitative estimate of drug-likeness (QED) is 0.509. The molecule has 0 heterocycles. The Hall–Kier alpha value is -0.300. The van der Waals surface area contributed by atoms with Crippen molar-refractivity contribution in [2.45, 2.75) is 19.8 Å². The smallest absolute Gasteiger partial charge is 0.157 e. The zero-order valence-corrected chi connectivity index (χ0v) is 6.11. The Kier molecular flexibility index (Phi) is 1.91. The lowest BCUT2D eigenvalue weighted by atomic mass is 9.95. The van der Waals surface area contributed by atoms with Crippen molar-refractivity contribution < 1.29 is 4.79 Å². The Balaban J connectivity index is 2.67. The number of hydrogen-bond donors (Lipinski definition) is 0. The molecule has 1 rings (SSSR count). The van der Waals surface area contributed by atoms with Crippen LogP contribution in [0.2, 0.25) is 0 Å². The van der Waals surface area contributed by atoms with Gasteiger partial charge in [0.05, 0.1) is 0 Å². The molecule has 0 saturated heterocycles. The van der Waals surface area contributed by atoms with Gasteiger partial charge in [0, 0.05) is 11.5 Å². The SMILES string of the molecule is CC1CC(=O)C=C(Cl)C1. The molecule has 0 N–H and O–H groups in total. The lowest BCUT2D eigenvalue weighted by Gasteiger charge is -2.12. The molecular formula is C7H9ClO. The molecule has 1 nitrogen and oxygen atoms in total. The highest BCUT2D eigenvalue weighted by Gasteiger charge is 2.14. The molecule has 0 amide bonds. The van der Waals surface area contributed by atoms with E-state index in [0.717, 1.165) is 6.42 Å². The van der Waals surface area contributed by atoms with E-state index in [9.17, 15) is 4.79 Å². The number of rotatable bonds is 0. The average Bonchev–Trinajstić information content (AvgIpc) is 1.59. The predicted octanol–water partition coefficient (Wildman–Crippen LogP) is 2.11. The number of ketones is 1. The Morgan fingerprint density at radius 2 is 2.33 bits per heavy atom. The largest absolute Gasteiger partial charge is 0.295 e. The molecule has 0 bridgehead atoms. The minimum Gasteiger partial charge on any atom is -0.295 e. The number of halogens is 1. The van der Waals surface area contributed by atoms with E-state index in [1.807, 2.05) is 6.92 Å². The van der Waals surface area contributed by atoms with E-state index in [2.05, 4.69) is 0 Å². The molecule has 1 atom stereocenters. The first-order chi connectivity index (χ1) is 4.18. The second-order valence-electron chi connectivity index (χ2n) is 2.57. The highest BCUT2D eigenvalue weighted by molar-refractivity contribution is 6.31. The zero-order valence-electron chi connectivity index (χ0n) is 5.36. The Bertz CT molecular complexity index is 160. The van der Waals surface area contributed by atoms with Gasteiger partial charge < -0.3 is 0 Å². The van der Waals surface area contributed by atoms with Gasteiger partial charge in [-0.25, -0.2) is 0 Å². The van der Waals surface area contributed by atoms with Gasteiger partial charge in [-0.1, -0.05) is 18.5 Å². The third kappa shape index (κ3) is 1.83. The van der Waals surface area contributed by atoms with E-state index in [4.69, 9.17) is 11.6 Å². The lowest BCUT2D eigenvalue weighted by molar-refractivity contribution is -0.115. The third-order valence-electron chi connectivity index (χ3n) is 1.41. The molecule has 0 aliphatic heterocycles. The van der Waals surface area contributed by atoms with Crippen molar-refractivity contribution in [1.29, 1.82) is 0 Å². The van der Waals surface area contributed by atoms with E-state index in [1.165, 1.54) is 6.08 Å². The molecule has 0 aromatic rings. The van der Waals surface area contributed by atoms with E-state index < -0.39 is 0 Å². The van der Waals surface area contributed by atoms with Crippen LogP contribution in [-0.2, 0) is 4.79 Å². The van der Waals surface area contributed by atoms with Gasteiger partial charge in [-0.3, -0.25) is 4.79 Å². The van der Waals surface area contributed by atoms with Crippen LogP contribution >= 0.6 is 11.6 Å². The molecule has 0 fully saturated rings. The van der Waals surface area contributed by atoms with Gasteiger partial charge in [0.25, 0.3) is 0 Å². The Labute approximate surface area is 59.7 Å². The van der Waals surface area contributed by atoms with Crippen molar-refractivity contribution in [3.05, 3.63) is 11.1 Å². The van der Waals surface area contributed by atoms with Gasteiger partial charge in [0.1, 0.15) is 0 Å². The summed E-state index contributed by atoms with van der Waals surface area (Å²) in [6.45, 7) is 2.04. The van der Waals surface area contributed by atoms with Crippen molar-refractivity contribution >= 4 is 17.4 Å². The molecule has 0 aromatic heterocycles. The lowest BCUT2D eigenvalue weighted by Crippen LogP contribution is -2.08. The van der Waals surface area contributed by atoms with Crippen molar-refractivity contribution in [2.24, 2.45) is 5.92 Å². The molecule has 2 heteroatoms. The first-order valence-electron chi connectivity index (χ1n) is 3.07. The summed E-state index contributed by atoms with van der Waals surface area (Å²) in [4.78, 5) is 10.7. The third-order valence-corrected chi connectivity index (χ3v) is 1.67. The topological polar surface area (TPSA) is 17.1 Å². The molecule has 9 heavy (non-hydrogen) atoms. The van der Waals surface area contributed by atoms with Crippen molar-refractivity contribution in [2.75, 3.05) is 0 Å². The molecule has 0 radical (unpaired) electrons. The minimum absolute atomic E-state index is 0.166. The maximum absolute atomic E-state index is 10.7. The van der Waals surface area contributed by atoms with Gasteiger partial charge in [-0.2, -0.15) is 0 Å². The highest BCUT2D eigenvalue weighted by atomic mass is 35.5. The van der Waals surface area contributed by atoms with Crippen LogP contribution < -0.4 is 0 Å². The van der Waals surface area contributed by atoms with E-state index in [0.29, 0.717) is 17.4 Å². The number of carbonyl (C=O) groups is 1. The fourth-order valence-electron chi connectivity index (χ4n) is 1.04. The van der Waals surface area contributed by atoms with Crippen LogP contribution in [0.5, 0.6) is 0 Å². The van der Waals surface area contributed by atoms with Gasteiger partial charge in [0.15, 0.2) is 5.78 Å². The number of allylic oxidation sites excluding steroid dienone is 2. The van der Waals surface area contributed by atoms with Crippen LogP contribution in [0.15, 0.2) is 11.1 Å². The standard InChI is InChI=1S/C7H9ClO/c1-5-2-6(8)4-7(9)3-5/h4-5H,2-3H2,1H3. The molecule has 0 aromatic carbocycles. The highest BCUT2D eigenvalue weighted by Crippen LogP contribution is 2.23. The second kappa shape index (κ2) is 2.53. The maximum Gasteiger partial charge on any atom is 0.157 e. The molecule has 50 valence electrons. The van der Waals surface area contributed by atoms with E-state index in [-0.39, 0.29) is 5.78 Å². The summed E-state index contributed by atoms with van der Waals surface area (Å²) in [6, 6.07) is 0. The molecule has 1 aliphatic carbocycles. The van der Waals surface area contributed by atoms with Gasteiger partial charge in [-0.15, -0.1) is 0 Å². The second-order valence-corrected chi connectivity index (χ2v) is 3.06. The number of hydrogen-bond acceptors (Lipinski definition) is 1. The van der Waals surface area contributed by atoms with Crippen LogP contribution in [0.1, 0.15) is 19.8 Å². The monoisotopic (exact) mass is 144 g/mol. The first-order valence-corrected chi connectivity index (χ1v) is 3.45. The summed E-state index contributed by atoms with van der Waals surface area (Å²) < 4.78 is 0. The summed E-state index contributed by atoms with van der Waals surface area (Å²) in [6.07, 6.45) is 3.06. The zero-order chi connectivity index (χ0) is 6.85. The maximum atomic E-state index is 10.7. The van der Waals surface area contributed by atoms with Gasteiger partial charge in [0.2, 0.25) is 0 Å². The van der Waals surface area contributed by atoms with Crippen LogP contribution in [-0.4, -0.2) is 5.78 Å². The van der Waals surface area contributed by atoms with Crippen LogP contribution in [0, 0.1) is 5.92 Å². The van der Waals surface area contributed by atoms with E-state index >= 15 is 0 Å². The summed E-state index contributed by atoms with van der Waals surface area (Å²) in [5, 5.41) is 0.707. The summed E-state index contributed by atoms with van der Waals surface area (Å²) >= 11 is 5.65. The Morgan fingerprint density at radius 3 is 2.78 bits per heavy atom. The van der Waals surface area contributed by atoms with Gasteiger partial charge in [-0.05, 0) is 18.4 Å². The molecule has 0 spiro atoms. The normalized spacial score (nSPS) is 28.0. The predicted molar refractivity (Wildman–Crippen MR) is 37.3 cm³/mol. The van der Waals surface area contributed by atoms with Crippen molar-refractivity contribution in [3.8, 4) is 0 Å². The van der Waals surface area contributed by atoms with Crippen LogP contribution in [0.3, 0.4) is 0 Å². The summed E-state index contributed by atoms with van der Waals surface area (Å²) in [5.41, 5.74) is 0. The van der Waals surface area contributed by atoms with Crippen molar-refractivity contribution in [3.63, 3.8) is 0 Å². The summed E-state index contributed by atoms with van der Waals surface area (Å²) in [5.74, 6) is 0.605. The molecule has 1 unspecified atom stereocenters. The Morgan fingerprint density at radius 1 is 1.67 bits per heavy atom.